The number of ketones is 1. The average molecular weight is 297 g/mol. The van der Waals surface area contributed by atoms with Gasteiger partial charge in [0.2, 0.25) is 0 Å². The van der Waals surface area contributed by atoms with E-state index in [2.05, 4.69) is 0 Å². The average Bonchev–Trinajstić information content (AvgIpc) is 2.54. The van der Waals surface area contributed by atoms with Crippen molar-refractivity contribution in [2.24, 2.45) is 0 Å². The van der Waals surface area contributed by atoms with Gasteiger partial charge in [0, 0.05) is 36.8 Å². The van der Waals surface area contributed by atoms with Crippen molar-refractivity contribution in [1.82, 2.24) is 0 Å². The lowest BCUT2D eigenvalue weighted by Gasteiger charge is -2.19. The number of aliphatic carboxylic acids is 1. The zero-order valence-electron chi connectivity index (χ0n) is 12.5. The monoisotopic (exact) mass is 297 g/mol. The largest absolute Gasteiger partial charge is 0.481 e. The summed E-state index contributed by atoms with van der Waals surface area (Å²) in [5.74, 6) is -0.780. The van der Waals surface area contributed by atoms with E-state index >= 15 is 0 Å². The summed E-state index contributed by atoms with van der Waals surface area (Å²) in [6.07, 6.45) is 0.755. The van der Waals surface area contributed by atoms with Crippen molar-refractivity contribution < 1.29 is 14.7 Å². The van der Waals surface area contributed by atoms with E-state index in [4.69, 9.17) is 5.11 Å². The number of carboxylic acids is 1. The van der Waals surface area contributed by atoms with Crippen molar-refractivity contribution in [2.75, 3.05) is 18.5 Å². The van der Waals surface area contributed by atoms with Crippen LogP contribution in [0.15, 0.2) is 54.6 Å². The van der Waals surface area contributed by atoms with Gasteiger partial charge in [0.05, 0.1) is 0 Å². The second kappa shape index (κ2) is 7.41. The van der Waals surface area contributed by atoms with Crippen LogP contribution in [0.1, 0.15) is 28.8 Å². The molecule has 0 unspecified atom stereocenters. The number of benzene rings is 2. The molecule has 0 amide bonds. The molecule has 0 saturated carbocycles. The van der Waals surface area contributed by atoms with Crippen molar-refractivity contribution in [3.63, 3.8) is 0 Å². The van der Waals surface area contributed by atoms with Gasteiger partial charge in [-0.15, -0.1) is 0 Å². The Labute approximate surface area is 130 Å². The third-order valence-electron chi connectivity index (χ3n) is 3.49. The van der Waals surface area contributed by atoms with E-state index in [-0.39, 0.29) is 12.2 Å². The van der Waals surface area contributed by atoms with Gasteiger partial charge < -0.3 is 10.0 Å². The van der Waals surface area contributed by atoms with Crippen molar-refractivity contribution in [3.05, 3.63) is 65.7 Å². The highest BCUT2D eigenvalue weighted by Crippen LogP contribution is 2.17. The van der Waals surface area contributed by atoms with Gasteiger partial charge in [0.1, 0.15) is 0 Å². The quantitative estimate of drug-likeness (QED) is 0.797. The molecule has 0 atom stereocenters. The molecule has 1 N–H and O–H groups in total. The van der Waals surface area contributed by atoms with Crippen LogP contribution >= 0.6 is 0 Å². The summed E-state index contributed by atoms with van der Waals surface area (Å²) < 4.78 is 0. The highest BCUT2D eigenvalue weighted by Gasteiger charge is 2.09. The lowest BCUT2D eigenvalue weighted by Crippen LogP contribution is -2.19. The molecule has 0 heterocycles. The number of carbonyl (C=O) groups excluding carboxylic acids is 1. The van der Waals surface area contributed by atoms with Crippen molar-refractivity contribution in [2.45, 2.75) is 12.8 Å². The summed E-state index contributed by atoms with van der Waals surface area (Å²) in [5, 5.41) is 8.65. The number of carboxylic acid groups (broad SMARTS) is 1. The van der Waals surface area contributed by atoms with Crippen LogP contribution in [0.5, 0.6) is 0 Å². The van der Waals surface area contributed by atoms with Crippen LogP contribution in [0, 0.1) is 0 Å². The fourth-order valence-electron chi connectivity index (χ4n) is 2.22. The number of nitrogens with zero attached hydrogens (tertiary/aromatic N) is 1. The fraction of sp³-hybridized carbons (Fsp3) is 0.222. The van der Waals surface area contributed by atoms with E-state index in [1.807, 2.05) is 42.3 Å². The topological polar surface area (TPSA) is 57.6 Å². The summed E-state index contributed by atoms with van der Waals surface area (Å²) in [7, 11) is 1.91. The van der Waals surface area contributed by atoms with E-state index in [1.54, 1.807) is 24.3 Å². The number of carbonyl (C=O) groups is 2. The van der Waals surface area contributed by atoms with Gasteiger partial charge in [-0.25, -0.2) is 0 Å². The van der Waals surface area contributed by atoms with E-state index in [0.717, 1.165) is 5.69 Å². The van der Waals surface area contributed by atoms with Crippen LogP contribution in [0.2, 0.25) is 0 Å². The highest BCUT2D eigenvalue weighted by atomic mass is 16.4. The molecule has 0 aliphatic heterocycles. The SMILES string of the molecule is CN(CCCC(=O)O)c1ccc(C(=O)c2ccccc2)cc1. The van der Waals surface area contributed by atoms with E-state index < -0.39 is 5.97 Å². The summed E-state index contributed by atoms with van der Waals surface area (Å²) in [4.78, 5) is 24.8. The van der Waals surface area contributed by atoms with Crippen LogP contribution in [-0.4, -0.2) is 30.5 Å². The molecule has 0 radical (unpaired) electrons. The minimum Gasteiger partial charge on any atom is -0.481 e. The maximum Gasteiger partial charge on any atom is 0.303 e. The van der Waals surface area contributed by atoms with Gasteiger partial charge in [0.25, 0.3) is 0 Å². The first-order valence-electron chi connectivity index (χ1n) is 7.20. The fourth-order valence-corrected chi connectivity index (χ4v) is 2.22. The predicted molar refractivity (Wildman–Crippen MR) is 86.5 cm³/mol. The molecule has 0 aliphatic rings. The Bertz CT molecular complexity index is 635. The Hall–Kier alpha value is -2.62. The summed E-state index contributed by atoms with van der Waals surface area (Å²) in [5.41, 5.74) is 2.29. The molecule has 4 nitrogen and oxygen atoms in total. The Morgan fingerprint density at radius 1 is 0.955 bits per heavy atom. The number of rotatable bonds is 7. The summed E-state index contributed by atoms with van der Waals surface area (Å²) >= 11 is 0. The van der Waals surface area contributed by atoms with Gasteiger partial charge in [-0.05, 0) is 30.7 Å². The zero-order chi connectivity index (χ0) is 15.9. The minimum absolute atomic E-state index is 0.000630. The number of hydrogen-bond acceptors (Lipinski definition) is 3. The Balaban J connectivity index is 2.01. The van der Waals surface area contributed by atoms with E-state index in [9.17, 15) is 9.59 Å². The van der Waals surface area contributed by atoms with Crippen molar-refractivity contribution in [3.8, 4) is 0 Å². The standard InChI is InChI=1S/C18H19NO3/c1-19(13-5-8-17(20)21)16-11-9-15(10-12-16)18(22)14-6-3-2-4-7-14/h2-4,6-7,9-12H,5,8,13H2,1H3,(H,20,21). The van der Waals surface area contributed by atoms with Crippen molar-refractivity contribution in [1.29, 1.82) is 0 Å². The molecule has 0 aromatic heterocycles. The molecule has 114 valence electrons. The summed E-state index contributed by atoms with van der Waals surface area (Å²) in [6.45, 7) is 0.665. The van der Waals surface area contributed by atoms with Gasteiger partial charge in [-0.3, -0.25) is 9.59 Å². The van der Waals surface area contributed by atoms with Crippen LogP contribution < -0.4 is 4.90 Å². The number of anilines is 1. The normalized spacial score (nSPS) is 10.2. The smallest absolute Gasteiger partial charge is 0.303 e. The second-order valence-electron chi connectivity index (χ2n) is 5.16. The van der Waals surface area contributed by atoms with Crippen molar-refractivity contribution >= 4 is 17.4 Å². The molecular formula is C18H19NO3. The molecule has 4 heteroatoms. The molecule has 0 saturated heterocycles. The maximum absolute atomic E-state index is 12.3. The summed E-state index contributed by atoms with van der Waals surface area (Å²) in [6, 6.07) is 16.6. The number of hydrogen-bond donors (Lipinski definition) is 1. The maximum atomic E-state index is 12.3. The lowest BCUT2D eigenvalue weighted by molar-refractivity contribution is -0.137. The minimum atomic E-state index is -0.780. The van der Waals surface area contributed by atoms with Gasteiger partial charge in [-0.1, -0.05) is 30.3 Å². The highest BCUT2D eigenvalue weighted by molar-refractivity contribution is 6.09. The molecule has 2 rings (SSSR count). The first-order chi connectivity index (χ1) is 10.6. The van der Waals surface area contributed by atoms with E-state index in [0.29, 0.717) is 24.1 Å². The first-order valence-corrected chi connectivity index (χ1v) is 7.20. The van der Waals surface area contributed by atoms with Crippen LogP contribution in [0.4, 0.5) is 5.69 Å². The molecule has 0 bridgehead atoms. The Morgan fingerprint density at radius 3 is 2.14 bits per heavy atom. The van der Waals surface area contributed by atoms with Crippen LogP contribution in [-0.2, 0) is 4.79 Å². The molecule has 2 aromatic carbocycles. The van der Waals surface area contributed by atoms with Gasteiger partial charge in [-0.2, -0.15) is 0 Å². The third kappa shape index (κ3) is 4.19. The zero-order valence-corrected chi connectivity index (χ0v) is 12.5. The van der Waals surface area contributed by atoms with Gasteiger partial charge >= 0.3 is 5.97 Å². The molecule has 2 aromatic rings. The van der Waals surface area contributed by atoms with Gasteiger partial charge in [0.15, 0.2) is 5.78 Å². The van der Waals surface area contributed by atoms with Crippen LogP contribution in [0.3, 0.4) is 0 Å². The molecule has 0 fully saturated rings. The first kappa shape index (κ1) is 15.8. The van der Waals surface area contributed by atoms with E-state index in [1.165, 1.54) is 0 Å². The molecule has 0 aliphatic carbocycles. The molecular weight excluding hydrogens is 278 g/mol. The Kier molecular flexibility index (Phi) is 5.31. The Morgan fingerprint density at radius 2 is 1.55 bits per heavy atom. The third-order valence-corrected chi connectivity index (χ3v) is 3.49. The second-order valence-corrected chi connectivity index (χ2v) is 5.16. The molecule has 0 spiro atoms. The lowest BCUT2D eigenvalue weighted by atomic mass is 10.0. The van der Waals surface area contributed by atoms with Crippen LogP contribution in [0.25, 0.3) is 0 Å². The molecule has 22 heavy (non-hydrogen) atoms. The predicted octanol–water partition coefficient (Wildman–Crippen LogP) is 3.22.